The van der Waals surface area contributed by atoms with Crippen LogP contribution in [0.1, 0.15) is 51.2 Å². The first-order valence-electron chi connectivity index (χ1n) is 13.9. The number of fused-ring (bicyclic) bond motifs is 1. The monoisotopic (exact) mass is 577 g/mol. The molecule has 0 aliphatic carbocycles. The third-order valence-electron chi connectivity index (χ3n) is 6.23. The van der Waals surface area contributed by atoms with Gasteiger partial charge in [-0.05, 0) is 74.1 Å². The van der Waals surface area contributed by atoms with Gasteiger partial charge >= 0.3 is 18.2 Å². The van der Waals surface area contributed by atoms with Crippen LogP contribution in [0, 0.1) is 0 Å². The number of anilines is 1. The zero-order chi connectivity index (χ0) is 30.5. The number of nitrogens with one attached hydrogen (secondary N) is 3. The van der Waals surface area contributed by atoms with Gasteiger partial charge in [0, 0.05) is 18.7 Å². The largest absolute Gasteiger partial charge is 0.469 e. The minimum atomic E-state index is -0.941. The highest BCUT2D eigenvalue weighted by Gasteiger charge is 2.25. The summed E-state index contributed by atoms with van der Waals surface area (Å²) < 4.78 is 15.4. The highest BCUT2D eigenvalue weighted by atomic mass is 16.6. The first-order valence-corrected chi connectivity index (χ1v) is 13.9. The van der Waals surface area contributed by atoms with Gasteiger partial charge in [-0.25, -0.2) is 9.59 Å². The van der Waals surface area contributed by atoms with Crippen LogP contribution in [-0.4, -0.2) is 49.4 Å². The molecular weight excluding hydrogens is 538 g/mol. The van der Waals surface area contributed by atoms with Crippen LogP contribution in [0.4, 0.5) is 15.3 Å². The van der Waals surface area contributed by atoms with Crippen LogP contribution in [0.5, 0.6) is 0 Å². The molecule has 0 saturated heterocycles. The van der Waals surface area contributed by atoms with Crippen LogP contribution in [0.2, 0.25) is 0 Å². The third-order valence-corrected chi connectivity index (χ3v) is 6.23. The topological polar surface area (TPSA) is 132 Å². The SMILES string of the molecule is COC(=O)CCc1ccccc1NC(=O)[C@H](CCCNC(=O)OCc1ccc2ccccc2c1)NC(=O)OC(C)(C)C. The first-order chi connectivity index (χ1) is 20.0. The predicted octanol–water partition coefficient (Wildman–Crippen LogP) is 5.48. The molecule has 0 heterocycles. The summed E-state index contributed by atoms with van der Waals surface area (Å²) in [6.45, 7) is 5.54. The Morgan fingerprint density at radius 3 is 2.33 bits per heavy atom. The van der Waals surface area contributed by atoms with E-state index >= 15 is 0 Å². The summed E-state index contributed by atoms with van der Waals surface area (Å²) >= 11 is 0. The number of carbonyl (C=O) groups excluding carboxylic acids is 4. The summed E-state index contributed by atoms with van der Waals surface area (Å²) in [6.07, 6.45) is -0.179. The Morgan fingerprint density at radius 2 is 1.60 bits per heavy atom. The van der Waals surface area contributed by atoms with Crippen LogP contribution >= 0.6 is 0 Å². The normalized spacial score (nSPS) is 11.7. The van der Waals surface area contributed by atoms with E-state index in [2.05, 4.69) is 16.0 Å². The van der Waals surface area contributed by atoms with Gasteiger partial charge in [-0.1, -0.05) is 54.6 Å². The maximum atomic E-state index is 13.3. The third kappa shape index (κ3) is 10.8. The Hall–Kier alpha value is -4.60. The predicted molar refractivity (Wildman–Crippen MR) is 160 cm³/mol. The number of alkyl carbamates (subject to hydrolysis) is 2. The maximum Gasteiger partial charge on any atom is 0.408 e. The molecule has 0 unspecified atom stereocenters. The Bertz CT molecular complexity index is 1380. The summed E-state index contributed by atoms with van der Waals surface area (Å²) in [5.41, 5.74) is 1.40. The number of methoxy groups -OCH3 is 1. The second kappa shape index (κ2) is 15.4. The second-order valence-corrected chi connectivity index (χ2v) is 10.7. The molecule has 0 bridgehead atoms. The molecule has 0 aromatic heterocycles. The smallest absolute Gasteiger partial charge is 0.408 e. The molecule has 0 aliphatic heterocycles. The van der Waals surface area contributed by atoms with Gasteiger partial charge < -0.3 is 30.2 Å². The lowest BCUT2D eigenvalue weighted by molar-refractivity contribution is -0.140. The molecule has 1 atom stereocenters. The van der Waals surface area contributed by atoms with Gasteiger partial charge in [0.05, 0.1) is 7.11 Å². The number of para-hydroxylation sites is 1. The van der Waals surface area contributed by atoms with E-state index in [1.165, 1.54) is 7.11 Å². The highest BCUT2D eigenvalue weighted by molar-refractivity contribution is 5.97. The zero-order valence-corrected chi connectivity index (χ0v) is 24.5. The molecule has 3 aromatic carbocycles. The number of rotatable bonds is 12. The molecule has 42 heavy (non-hydrogen) atoms. The fraction of sp³-hybridized carbons (Fsp3) is 0.375. The number of amides is 3. The molecule has 0 radical (unpaired) electrons. The molecule has 10 heteroatoms. The van der Waals surface area contributed by atoms with Crippen molar-refractivity contribution < 1.29 is 33.4 Å². The van der Waals surface area contributed by atoms with Crippen molar-refractivity contribution in [1.29, 1.82) is 0 Å². The lowest BCUT2D eigenvalue weighted by Crippen LogP contribution is -2.46. The summed E-state index contributed by atoms with van der Waals surface area (Å²) in [4.78, 5) is 49.6. The molecular formula is C32H39N3O7. The molecule has 3 aromatic rings. The van der Waals surface area contributed by atoms with E-state index in [9.17, 15) is 19.2 Å². The van der Waals surface area contributed by atoms with Crippen molar-refractivity contribution in [2.75, 3.05) is 19.0 Å². The number of esters is 1. The molecule has 3 N–H and O–H groups in total. The van der Waals surface area contributed by atoms with Crippen LogP contribution in [0.25, 0.3) is 10.8 Å². The van der Waals surface area contributed by atoms with Crippen molar-refractivity contribution in [3.05, 3.63) is 77.9 Å². The number of benzene rings is 3. The highest BCUT2D eigenvalue weighted by Crippen LogP contribution is 2.19. The zero-order valence-electron chi connectivity index (χ0n) is 24.5. The molecule has 224 valence electrons. The van der Waals surface area contributed by atoms with E-state index in [1.54, 1.807) is 32.9 Å². The summed E-state index contributed by atoms with van der Waals surface area (Å²) in [5, 5.41) is 10.3. The first kappa shape index (κ1) is 31.9. The van der Waals surface area contributed by atoms with Gasteiger partial charge in [0.1, 0.15) is 18.2 Å². The maximum absolute atomic E-state index is 13.3. The van der Waals surface area contributed by atoms with Crippen molar-refractivity contribution in [2.45, 2.75) is 64.7 Å². The van der Waals surface area contributed by atoms with Crippen molar-refractivity contribution in [3.8, 4) is 0 Å². The molecule has 0 aliphatic rings. The fourth-order valence-electron chi connectivity index (χ4n) is 4.16. The molecule has 0 spiro atoms. The molecule has 0 fully saturated rings. The van der Waals surface area contributed by atoms with E-state index in [0.29, 0.717) is 18.5 Å². The van der Waals surface area contributed by atoms with Crippen molar-refractivity contribution in [3.63, 3.8) is 0 Å². The number of hydrogen-bond acceptors (Lipinski definition) is 7. The number of carbonyl (C=O) groups is 4. The average Bonchev–Trinajstić information content (AvgIpc) is 2.95. The Morgan fingerprint density at radius 1 is 0.881 bits per heavy atom. The Balaban J connectivity index is 1.54. The van der Waals surface area contributed by atoms with Crippen LogP contribution in [0.15, 0.2) is 66.7 Å². The lowest BCUT2D eigenvalue weighted by Gasteiger charge is -2.23. The fourth-order valence-corrected chi connectivity index (χ4v) is 4.16. The van der Waals surface area contributed by atoms with Gasteiger partial charge in [-0.3, -0.25) is 9.59 Å². The minimum absolute atomic E-state index is 0.122. The van der Waals surface area contributed by atoms with Gasteiger partial charge in [-0.15, -0.1) is 0 Å². The van der Waals surface area contributed by atoms with Crippen molar-refractivity contribution in [1.82, 2.24) is 10.6 Å². The summed E-state index contributed by atoms with van der Waals surface area (Å²) in [7, 11) is 1.32. The van der Waals surface area contributed by atoms with Crippen molar-refractivity contribution in [2.24, 2.45) is 0 Å². The Kier molecular flexibility index (Phi) is 11.7. The number of aryl methyl sites for hydroxylation is 1. The molecule has 3 rings (SSSR count). The van der Waals surface area contributed by atoms with E-state index < -0.39 is 29.7 Å². The van der Waals surface area contributed by atoms with Gasteiger partial charge in [0.25, 0.3) is 0 Å². The average molecular weight is 578 g/mol. The van der Waals surface area contributed by atoms with Crippen LogP contribution in [-0.2, 0) is 36.8 Å². The lowest BCUT2D eigenvalue weighted by atomic mass is 10.1. The van der Waals surface area contributed by atoms with E-state index in [4.69, 9.17) is 14.2 Å². The molecule has 0 saturated carbocycles. The number of ether oxygens (including phenoxy) is 3. The van der Waals surface area contributed by atoms with Crippen LogP contribution < -0.4 is 16.0 Å². The van der Waals surface area contributed by atoms with Crippen molar-refractivity contribution >= 4 is 40.5 Å². The standard InChI is InChI=1S/C32H39N3O7/c1-32(2,3)42-31(39)35-27(29(37)34-26-13-8-7-11-24(26)17-18-28(36)40-4)14-9-19-33-30(38)41-21-22-15-16-23-10-5-6-12-25(23)20-22/h5-8,10-13,15-16,20,27H,9,14,17-19,21H2,1-4H3,(H,33,38)(H,34,37)(H,35,39)/t27-/m0/s1. The summed E-state index contributed by atoms with van der Waals surface area (Å²) in [6, 6.07) is 20.0. The second-order valence-electron chi connectivity index (χ2n) is 10.7. The quantitative estimate of drug-likeness (QED) is 0.147. The molecule has 10 nitrogen and oxygen atoms in total. The van der Waals surface area contributed by atoms with Crippen LogP contribution in [0.3, 0.4) is 0 Å². The van der Waals surface area contributed by atoms with Gasteiger partial charge in [-0.2, -0.15) is 0 Å². The van der Waals surface area contributed by atoms with E-state index in [0.717, 1.165) is 21.9 Å². The van der Waals surface area contributed by atoms with E-state index in [-0.39, 0.29) is 32.0 Å². The van der Waals surface area contributed by atoms with E-state index in [1.807, 2.05) is 54.6 Å². The van der Waals surface area contributed by atoms with Gasteiger partial charge in [0.2, 0.25) is 5.91 Å². The summed E-state index contributed by atoms with van der Waals surface area (Å²) in [5.74, 6) is -0.811. The minimum Gasteiger partial charge on any atom is -0.469 e. The Labute approximate surface area is 246 Å². The molecule has 3 amide bonds. The van der Waals surface area contributed by atoms with Gasteiger partial charge in [0.15, 0.2) is 0 Å². The number of hydrogen-bond donors (Lipinski definition) is 3.